The largest absolute Gasteiger partial charge is 0.380 e. The average Bonchev–Trinajstić information content (AvgIpc) is 3.05. The molecule has 2 aliphatic rings. The van der Waals surface area contributed by atoms with E-state index in [2.05, 4.69) is 36.4 Å². The molecule has 2 saturated heterocycles. The molecule has 2 bridgehead atoms. The second-order valence-corrected chi connectivity index (χ2v) is 6.42. The molecule has 0 aromatic rings. The maximum absolute atomic E-state index is 5.87. The highest BCUT2D eigenvalue weighted by molar-refractivity contribution is 5.80. The topological polar surface area (TPSA) is 54.9 Å². The fourth-order valence-electron chi connectivity index (χ4n) is 2.93. The Balaban J connectivity index is 1.67. The van der Waals surface area contributed by atoms with Crippen LogP contribution in [0.5, 0.6) is 0 Å². The normalized spacial score (nSPS) is 28.4. The van der Waals surface area contributed by atoms with Crippen molar-refractivity contribution in [3.05, 3.63) is 0 Å². The fraction of sp³-hybridized carbons (Fsp3) is 0.938. The molecule has 0 amide bonds. The number of fused-ring (bicyclic) bond motifs is 2. The van der Waals surface area contributed by atoms with Crippen molar-refractivity contribution in [1.82, 2.24) is 10.6 Å². The van der Waals surface area contributed by atoms with Crippen molar-refractivity contribution in [2.45, 2.75) is 64.7 Å². The van der Waals surface area contributed by atoms with Crippen molar-refractivity contribution in [2.75, 3.05) is 26.3 Å². The number of hydrogen-bond acceptors (Lipinski definition) is 3. The number of nitrogens with zero attached hydrogens (tertiary/aromatic N) is 1. The molecule has 0 spiro atoms. The maximum Gasteiger partial charge on any atom is 0.191 e. The average molecular weight is 297 g/mol. The molecule has 122 valence electrons. The fourth-order valence-corrected chi connectivity index (χ4v) is 2.93. The third-order valence-corrected chi connectivity index (χ3v) is 4.12. The first kappa shape index (κ1) is 16.6. The zero-order chi connectivity index (χ0) is 15.1. The van der Waals surface area contributed by atoms with Crippen molar-refractivity contribution >= 4 is 5.96 Å². The second-order valence-electron chi connectivity index (χ2n) is 6.42. The Morgan fingerprint density at radius 2 is 2.19 bits per heavy atom. The first-order valence-corrected chi connectivity index (χ1v) is 8.47. The molecule has 0 aromatic carbocycles. The van der Waals surface area contributed by atoms with E-state index in [-0.39, 0.29) is 0 Å². The molecule has 2 rings (SSSR count). The molecule has 0 saturated carbocycles. The van der Waals surface area contributed by atoms with Gasteiger partial charge in [0, 0.05) is 13.2 Å². The molecule has 3 atom stereocenters. The smallest absolute Gasteiger partial charge is 0.191 e. The van der Waals surface area contributed by atoms with Crippen LogP contribution in [0, 0.1) is 5.92 Å². The number of guanidine groups is 1. The minimum Gasteiger partial charge on any atom is -0.380 e. The van der Waals surface area contributed by atoms with Crippen molar-refractivity contribution in [1.29, 1.82) is 0 Å². The van der Waals surface area contributed by atoms with E-state index in [1.54, 1.807) is 0 Å². The number of rotatable bonds is 8. The molecule has 2 fully saturated rings. The summed E-state index contributed by atoms with van der Waals surface area (Å²) in [6.45, 7) is 9.62. The molecule has 0 aromatic heterocycles. The van der Waals surface area contributed by atoms with Crippen LogP contribution in [0.4, 0.5) is 0 Å². The minimum absolute atomic E-state index is 0.376. The molecule has 0 aliphatic carbocycles. The lowest BCUT2D eigenvalue weighted by molar-refractivity contribution is 0.0992. The van der Waals surface area contributed by atoms with Gasteiger partial charge in [-0.1, -0.05) is 13.8 Å². The number of aliphatic imine (C=N–C) groups is 1. The Kier molecular flexibility index (Phi) is 6.77. The Morgan fingerprint density at radius 3 is 2.81 bits per heavy atom. The first-order chi connectivity index (χ1) is 10.2. The van der Waals surface area contributed by atoms with Gasteiger partial charge in [0.2, 0.25) is 0 Å². The molecule has 2 heterocycles. The number of nitrogens with one attached hydrogen (secondary N) is 2. The molecule has 2 aliphatic heterocycles. The highest BCUT2D eigenvalue weighted by Gasteiger charge is 2.41. The zero-order valence-corrected chi connectivity index (χ0v) is 13.7. The van der Waals surface area contributed by atoms with E-state index in [0.717, 1.165) is 32.0 Å². The summed E-state index contributed by atoms with van der Waals surface area (Å²) in [6.07, 6.45) is 5.47. The van der Waals surface area contributed by atoms with Crippen LogP contribution in [-0.4, -0.2) is 50.5 Å². The van der Waals surface area contributed by atoms with Gasteiger partial charge in [-0.15, -0.1) is 0 Å². The van der Waals surface area contributed by atoms with Crippen molar-refractivity contribution < 1.29 is 9.47 Å². The molecule has 0 radical (unpaired) electrons. The summed E-state index contributed by atoms with van der Waals surface area (Å²) in [7, 11) is 0. The summed E-state index contributed by atoms with van der Waals surface area (Å²) in [4.78, 5) is 4.59. The van der Waals surface area contributed by atoms with Crippen LogP contribution in [0.2, 0.25) is 0 Å². The van der Waals surface area contributed by atoms with E-state index < -0.39 is 0 Å². The Hall–Kier alpha value is -0.810. The van der Waals surface area contributed by atoms with Gasteiger partial charge in [-0.2, -0.15) is 0 Å². The van der Waals surface area contributed by atoms with Gasteiger partial charge in [0.15, 0.2) is 5.96 Å². The summed E-state index contributed by atoms with van der Waals surface area (Å²) in [6, 6.07) is 0.420. The van der Waals surface area contributed by atoms with Crippen LogP contribution in [0.1, 0.15) is 46.5 Å². The maximum atomic E-state index is 5.87. The molecule has 3 unspecified atom stereocenters. The van der Waals surface area contributed by atoms with Gasteiger partial charge in [-0.25, -0.2) is 0 Å². The monoisotopic (exact) mass is 297 g/mol. The van der Waals surface area contributed by atoms with Crippen LogP contribution in [0.25, 0.3) is 0 Å². The first-order valence-electron chi connectivity index (χ1n) is 8.47. The lowest BCUT2D eigenvalue weighted by Gasteiger charge is -2.22. The SMILES string of the molecule is CCNC(=NCCOCCC(C)C)NC1CC2CCC1O2. The summed E-state index contributed by atoms with van der Waals surface area (Å²) in [5.74, 6) is 1.59. The summed E-state index contributed by atoms with van der Waals surface area (Å²) < 4.78 is 11.5. The van der Waals surface area contributed by atoms with Gasteiger partial charge in [-0.3, -0.25) is 4.99 Å². The van der Waals surface area contributed by atoms with Gasteiger partial charge < -0.3 is 20.1 Å². The van der Waals surface area contributed by atoms with E-state index in [0.29, 0.717) is 37.3 Å². The molecular weight excluding hydrogens is 266 g/mol. The lowest BCUT2D eigenvalue weighted by Crippen LogP contribution is -2.47. The third-order valence-electron chi connectivity index (χ3n) is 4.12. The standard InChI is InChI=1S/C16H31N3O2/c1-4-17-16(18-8-10-20-9-7-12(2)3)19-14-11-13-5-6-15(14)21-13/h12-15H,4-11H2,1-3H3,(H2,17,18,19). The van der Waals surface area contributed by atoms with Gasteiger partial charge in [0.05, 0.1) is 31.4 Å². The quantitative estimate of drug-likeness (QED) is 0.408. The van der Waals surface area contributed by atoms with Crippen LogP contribution in [0.3, 0.4) is 0 Å². The number of ether oxygens (including phenoxy) is 2. The third kappa shape index (κ3) is 5.47. The predicted molar refractivity (Wildman–Crippen MR) is 85.7 cm³/mol. The minimum atomic E-state index is 0.376. The summed E-state index contributed by atoms with van der Waals surface area (Å²) in [5, 5.41) is 6.82. The van der Waals surface area contributed by atoms with Crippen molar-refractivity contribution in [2.24, 2.45) is 10.9 Å². The van der Waals surface area contributed by atoms with Gasteiger partial charge in [0.25, 0.3) is 0 Å². The highest BCUT2D eigenvalue weighted by atomic mass is 16.5. The van der Waals surface area contributed by atoms with Crippen LogP contribution >= 0.6 is 0 Å². The van der Waals surface area contributed by atoms with Gasteiger partial charge in [-0.05, 0) is 38.5 Å². The van der Waals surface area contributed by atoms with E-state index in [4.69, 9.17) is 9.47 Å². The molecule has 2 N–H and O–H groups in total. The highest BCUT2D eigenvalue weighted by Crippen LogP contribution is 2.34. The summed E-state index contributed by atoms with van der Waals surface area (Å²) in [5.41, 5.74) is 0. The van der Waals surface area contributed by atoms with Gasteiger partial charge >= 0.3 is 0 Å². The second kappa shape index (κ2) is 8.59. The lowest BCUT2D eigenvalue weighted by atomic mass is 9.96. The number of hydrogen-bond donors (Lipinski definition) is 2. The van der Waals surface area contributed by atoms with Crippen LogP contribution in [0.15, 0.2) is 4.99 Å². The van der Waals surface area contributed by atoms with Crippen molar-refractivity contribution in [3.8, 4) is 0 Å². The zero-order valence-electron chi connectivity index (χ0n) is 13.7. The van der Waals surface area contributed by atoms with Gasteiger partial charge in [0.1, 0.15) is 0 Å². The van der Waals surface area contributed by atoms with Crippen LogP contribution < -0.4 is 10.6 Å². The molecule has 21 heavy (non-hydrogen) atoms. The Morgan fingerprint density at radius 1 is 1.33 bits per heavy atom. The van der Waals surface area contributed by atoms with Crippen LogP contribution in [-0.2, 0) is 9.47 Å². The van der Waals surface area contributed by atoms with Crippen molar-refractivity contribution in [3.63, 3.8) is 0 Å². The molecule has 5 heteroatoms. The van der Waals surface area contributed by atoms with E-state index in [1.807, 2.05) is 0 Å². The molecule has 5 nitrogen and oxygen atoms in total. The summed E-state index contributed by atoms with van der Waals surface area (Å²) >= 11 is 0. The molecular formula is C16H31N3O2. The van der Waals surface area contributed by atoms with E-state index in [1.165, 1.54) is 12.8 Å². The van der Waals surface area contributed by atoms with E-state index in [9.17, 15) is 0 Å². The van der Waals surface area contributed by atoms with E-state index >= 15 is 0 Å². The Labute approximate surface area is 128 Å². The Bertz CT molecular complexity index is 333. The predicted octanol–water partition coefficient (Wildman–Crippen LogP) is 1.92.